The predicted molar refractivity (Wildman–Crippen MR) is 66.8 cm³/mol. The van der Waals surface area contributed by atoms with Crippen molar-refractivity contribution in [3.63, 3.8) is 0 Å². The average molecular weight is 297 g/mol. The molecule has 4 heteroatoms. The molecule has 1 aliphatic rings. The zero-order valence-electron chi connectivity index (χ0n) is 9.53. The summed E-state index contributed by atoms with van der Waals surface area (Å²) in [4.78, 5) is 23.1. The fraction of sp³-hybridized carbons (Fsp3) is 0.385. The van der Waals surface area contributed by atoms with Gasteiger partial charge in [0, 0.05) is 10.4 Å². The van der Waals surface area contributed by atoms with Crippen molar-refractivity contribution in [2.75, 3.05) is 6.61 Å². The summed E-state index contributed by atoms with van der Waals surface area (Å²) in [5.74, 6) is -0.594. The van der Waals surface area contributed by atoms with Gasteiger partial charge in [0.05, 0.1) is 6.61 Å². The third-order valence-electron chi connectivity index (χ3n) is 2.92. The molecule has 1 atom stereocenters. The minimum atomic E-state index is -0.428. The normalized spacial score (nSPS) is 16.9. The first-order chi connectivity index (χ1) is 8.11. The average Bonchev–Trinajstić information content (AvgIpc) is 2.22. The van der Waals surface area contributed by atoms with E-state index in [2.05, 4.69) is 15.9 Å². The molecule has 0 radical (unpaired) electrons. The Kier molecular flexibility index (Phi) is 3.62. The lowest BCUT2D eigenvalue weighted by molar-refractivity contribution is -0.145. The largest absolute Gasteiger partial charge is 0.466 e. The first-order valence-corrected chi connectivity index (χ1v) is 6.37. The van der Waals surface area contributed by atoms with Crippen molar-refractivity contribution in [1.82, 2.24) is 0 Å². The number of carbonyl (C=O) groups is 2. The van der Waals surface area contributed by atoms with Gasteiger partial charge in [0.2, 0.25) is 0 Å². The Hall–Kier alpha value is -1.16. The maximum absolute atomic E-state index is 11.8. The molecule has 1 aliphatic carbocycles. The van der Waals surface area contributed by atoms with Gasteiger partial charge >= 0.3 is 5.97 Å². The van der Waals surface area contributed by atoms with E-state index in [1.165, 1.54) is 5.56 Å². The number of hydrogen-bond acceptors (Lipinski definition) is 3. The lowest BCUT2D eigenvalue weighted by Gasteiger charge is -2.28. The lowest BCUT2D eigenvalue weighted by atomic mass is 9.74. The molecule has 1 aromatic rings. The molecule has 0 amide bonds. The Morgan fingerprint density at radius 2 is 2.24 bits per heavy atom. The van der Waals surface area contributed by atoms with Gasteiger partial charge in [-0.1, -0.05) is 22.0 Å². The van der Waals surface area contributed by atoms with Gasteiger partial charge in [-0.3, -0.25) is 9.59 Å². The second-order valence-corrected chi connectivity index (χ2v) is 4.96. The molecule has 1 unspecified atom stereocenters. The van der Waals surface area contributed by atoms with Crippen LogP contribution in [0, 0.1) is 0 Å². The molecule has 0 aliphatic heterocycles. The van der Waals surface area contributed by atoms with Crippen LogP contribution in [-0.4, -0.2) is 18.4 Å². The molecule has 3 nitrogen and oxygen atoms in total. The number of esters is 1. The van der Waals surface area contributed by atoms with Crippen LogP contribution in [0.25, 0.3) is 0 Å². The van der Waals surface area contributed by atoms with E-state index in [0.717, 1.165) is 16.5 Å². The van der Waals surface area contributed by atoms with E-state index < -0.39 is 5.97 Å². The SMILES string of the molecule is CCOC(=O)CC(=O)C1Cc2cc(Br)ccc21. The number of fused-ring (bicyclic) bond motifs is 1. The van der Waals surface area contributed by atoms with E-state index >= 15 is 0 Å². The number of ketones is 1. The van der Waals surface area contributed by atoms with E-state index in [-0.39, 0.29) is 18.1 Å². The van der Waals surface area contributed by atoms with Crippen molar-refractivity contribution in [2.45, 2.75) is 25.7 Å². The molecule has 0 saturated carbocycles. The molecule has 90 valence electrons. The summed E-state index contributed by atoms with van der Waals surface area (Å²) in [5, 5.41) is 0. The third kappa shape index (κ3) is 2.57. The number of Topliss-reactive ketones (excluding diaryl/α,β-unsaturated/α-hetero) is 1. The van der Waals surface area contributed by atoms with Crippen LogP contribution in [0.3, 0.4) is 0 Å². The summed E-state index contributed by atoms with van der Waals surface area (Å²) in [6, 6.07) is 5.88. The molecular formula is C13H13BrO3. The summed E-state index contributed by atoms with van der Waals surface area (Å²) < 4.78 is 5.79. The quantitative estimate of drug-likeness (QED) is 0.634. The highest BCUT2D eigenvalue weighted by molar-refractivity contribution is 9.10. The Morgan fingerprint density at radius 3 is 2.88 bits per heavy atom. The Bertz CT molecular complexity index is 468. The summed E-state index contributed by atoms with van der Waals surface area (Å²) in [5.41, 5.74) is 2.23. The summed E-state index contributed by atoms with van der Waals surface area (Å²) in [6.45, 7) is 2.05. The number of carbonyl (C=O) groups excluding carboxylic acids is 2. The van der Waals surface area contributed by atoms with Gasteiger partial charge < -0.3 is 4.74 Å². The number of rotatable bonds is 4. The molecule has 0 aromatic heterocycles. The predicted octanol–water partition coefficient (Wildman–Crippen LogP) is 2.61. The van der Waals surface area contributed by atoms with Crippen LogP contribution in [-0.2, 0) is 20.7 Å². The minimum absolute atomic E-state index is 0.0433. The molecule has 17 heavy (non-hydrogen) atoms. The van der Waals surface area contributed by atoms with Gasteiger partial charge in [-0.25, -0.2) is 0 Å². The molecule has 1 aromatic carbocycles. The highest BCUT2D eigenvalue weighted by atomic mass is 79.9. The number of hydrogen-bond donors (Lipinski definition) is 0. The number of ether oxygens (including phenoxy) is 1. The van der Waals surface area contributed by atoms with Gasteiger partial charge in [-0.2, -0.15) is 0 Å². The van der Waals surface area contributed by atoms with Crippen LogP contribution >= 0.6 is 15.9 Å². The second-order valence-electron chi connectivity index (χ2n) is 4.05. The van der Waals surface area contributed by atoms with Crippen molar-refractivity contribution >= 4 is 27.7 Å². The molecule has 0 N–H and O–H groups in total. The highest BCUT2D eigenvalue weighted by Crippen LogP contribution is 2.37. The minimum Gasteiger partial charge on any atom is -0.466 e. The Labute approximate surface area is 108 Å². The number of halogens is 1. The lowest BCUT2D eigenvalue weighted by Crippen LogP contribution is -2.27. The summed E-state index contributed by atoms with van der Waals surface area (Å²) in [6.07, 6.45) is 0.612. The molecular weight excluding hydrogens is 284 g/mol. The van der Waals surface area contributed by atoms with Crippen LogP contribution in [0.1, 0.15) is 30.4 Å². The second kappa shape index (κ2) is 5.00. The van der Waals surface area contributed by atoms with Crippen LogP contribution in [0.15, 0.2) is 22.7 Å². The van der Waals surface area contributed by atoms with E-state index in [9.17, 15) is 9.59 Å². The van der Waals surface area contributed by atoms with Gasteiger partial charge in [-0.15, -0.1) is 0 Å². The topological polar surface area (TPSA) is 43.4 Å². The van der Waals surface area contributed by atoms with Crippen LogP contribution in [0.5, 0.6) is 0 Å². The van der Waals surface area contributed by atoms with Crippen LogP contribution < -0.4 is 0 Å². The Morgan fingerprint density at radius 1 is 1.47 bits per heavy atom. The zero-order valence-corrected chi connectivity index (χ0v) is 11.1. The standard InChI is InChI=1S/C13H13BrO3/c1-2-17-13(16)7-12(15)11-6-8-5-9(14)3-4-10(8)11/h3-5,11H,2,6-7H2,1H3. The van der Waals surface area contributed by atoms with Crippen molar-refractivity contribution in [3.05, 3.63) is 33.8 Å². The molecule has 2 rings (SSSR count). The Balaban J connectivity index is 2.00. The maximum Gasteiger partial charge on any atom is 0.313 e. The fourth-order valence-corrected chi connectivity index (χ4v) is 2.46. The van der Waals surface area contributed by atoms with E-state index in [1.807, 2.05) is 18.2 Å². The van der Waals surface area contributed by atoms with Crippen molar-refractivity contribution < 1.29 is 14.3 Å². The monoisotopic (exact) mass is 296 g/mol. The van der Waals surface area contributed by atoms with Crippen molar-refractivity contribution in [1.29, 1.82) is 0 Å². The van der Waals surface area contributed by atoms with E-state index in [1.54, 1.807) is 6.92 Å². The molecule has 0 bridgehead atoms. The van der Waals surface area contributed by atoms with Crippen LogP contribution in [0.2, 0.25) is 0 Å². The maximum atomic E-state index is 11.8. The van der Waals surface area contributed by atoms with Gasteiger partial charge in [0.25, 0.3) is 0 Å². The first-order valence-electron chi connectivity index (χ1n) is 5.58. The van der Waals surface area contributed by atoms with Gasteiger partial charge in [-0.05, 0) is 36.6 Å². The number of benzene rings is 1. The summed E-state index contributed by atoms with van der Waals surface area (Å²) in [7, 11) is 0. The highest BCUT2D eigenvalue weighted by Gasteiger charge is 2.33. The summed E-state index contributed by atoms with van der Waals surface area (Å²) >= 11 is 3.39. The van der Waals surface area contributed by atoms with Crippen molar-refractivity contribution in [2.24, 2.45) is 0 Å². The van der Waals surface area contributed by atoms with Crippen molar-refractivity contribution in [3.8, 4) is 0 Å². The smallest absolute Gasteiger partial charge is 0.313 e. The molecule has 0 spiro atoms. The first kappa shape index (κ1) is 12.3. The fourth-order valence-electron chi connectivity index (χ4n) is 2.05. The van der Waals surface area contributed by atoms with Gasteiger partial charge in [0.15, 0.2) is 5.78 Å². The molecule has 0 saturated heterocycles. The zero-order chi connectivity index (χ0) is 12.4. The van der Waals surface area contributed by atoms with Crippen LogP contribution in [0.4, 0.5) is 0 Å². The molecule has 0 fully saturated rings. The third-order valence-corrected chi connectivity index (χ3v) is 3.41. The van der Waals surface area contributed by atoms with E-state index in [4.69, 9.17) is 4.74 Å². The van der Waals surface area contributed by atoms with Gasteiger partial charge in [0.1, 0.15) is 6.42 Å². The van der Waals surface area contributed by atoms with E-state index in [0.29, 0.717) is 6.61 Å². The molecule has 0 heterocycles.